The lowest BCUT2D eigenvalue weighted by molar-refractivity contribution is -0.144. The van der Waals surface area contributed by atoms with Gasteiger partial charge in [0.15, 0.2) is 5.69 Å². The number of piperidine rings is 1. The molecule has 0 atom stereocenters. The fourth-order valence-corrected chi connectivity index (χ4v) is 5.96. The Balaban J connectivity index is 1.26. The summed E-state index contributed by atoms with van der Waals surface area (Å²) in [7, 11) is 3.50. The average Bonchev–Trinajstić information content (AvgIpc) is 3.38. The van der Waals surface area contributed by atoms with Crippen molar-refractivity contribution in [2.45, 2.75) is 51.9 Å². The highest BCUT2D eigenvalue weighted by Crippen LogP contribution is 2.39. The van der Waals surface area contributed by atoms with Crippen LogP contribution < -0.4 is 9.47 Å². The van der Waals surface area contributed by atoms with Crippen molar-refractivity contribution >= 4 is 11.8 Å². The summed E-state index contributed by atoms with van der Waals surface area (Å²) in [5.41, 5.74) is 2.63. The molecule has 0 unspecified atom stereocenters. The largest absolute Gasteiger partial charge is 0.497 e. The SMILES string of the molecule is COc1ccc(-n2nnc(C(=O)N3CCC4(CCCCCc5ccccc5OCCN(C)C4=O)CC3)c2C)cc1. The number of ether oxygens (including phenoxy) is 2. The summed E-state index contributed by atoms with van der Waals surface area (Å²) in [5.74, 6) is 1.70. The summed E-state index contributed by atoms with van der Waals surface area (Å²) < 4.78 is 13.0. The molecule has 5 rings (SSSR count). The quantitative estimate of drug-likeness (QED) is 0.483. The van der Waals surface area contributed by atoms with Crippen LogP contribution in [0.4, 0.5) is 0 Å². The summed E-state index contributed by atoms with van der Waals surface area (Å²) in [4.78, 5) is 31.0. The number of benzene rings is 2. The van der Waals surface area contributed by atoms with E-state index in [9.17, 15) is 9.59 Å². The zero-order valence-corrected chi connectivity index (χ0v) is 23.8. The van der Waals surface area contributed by atoms with Crippen LogP contribution in [0.3, 0.4) is 0 Å². The van der Waals surface area contributed by atoms with Gasteiger partial charge in [-0.25, -0.2) is 4.68 Å². The third-order valence-electron chi connectivity index (χ3n) is 8.48. The van der Waals surface area contributed by atoms with Crippen molar-refractivity contribution in [3.63, 3.8) is 0 Å². The number of aromatic nitrogens is 3. The number of methoxy groups -OCH3 is 1. The van der Waals surface area contributed by atoms with E-state index in [2.05, 4.69) is 22.4 Å². The van der Waals surface area contributed by atoms with Crippen molar-refractivity contribution in [2.24, 2.45) is 5.41 Å². The van der Waals surface area contributed by atoms with Crippen LogP contribution in [-0.4, -0.2) is 77.0 Å². The summed E-state index contributed by atoms with van der Waals surface area (Å²) in [5, 5.41) is 8.49. The fraction of sp³-hybridized carbons (Fsp3) is 0.484. The maximum Gasteiger partial charge on any atom is 0.276 e. The minimum Gasteiger partial charge on any atom is -0.497 e. The number of aryl methyl sites for hydroxylation is 1. The molecular formula is C31H39N5O4. The van der Waals surface area contributed by atoms with Gasteiger partial charge in [0.1, 0.15) is 18.1 Å². The number of fused-ring (bicyclic) bond motifs is 1. The zero-order valence-electron chi connectivity index (χ0n) is 23.8. The molecule has 1 saturated heterocycles. The predicted octanol–water partition coefficient (Wildman–Crippen LogP) is 4.46. The number of carbonyl (C=O) groups is 2. The van der Waals surface area contributed by atoms with Gasteiger partial charge in [-0.3, -0.25) is 9.59 Å². The summed E-state index contributed by atoms with van der Waals surface area (Å²) in [6.07, 6.45) is 6.23. The molecule has 3 aromatic rings. The normalized spacial score (nSPS) is 18.2. The molecular weight excluding hydrogens is 506 g/mol. The van der Waals surface area contributed by atoms with Crippen molar-refractivity contribution < 1.29 is 19.1 Å². The summed E-state index contributed by atoms with van der Waals surface area (Å²) in [6.45, 7) is 3.90. The van der Waals surface area contributed by atoms with Gasteiger partial charge in [0, 0.05) is 20.1 Å². The van der Waals surface area contributed by atoms with Gasteiger partial charge >= 0.3 is 0 Å². The molecule has 0 bridgehead atoms. The Morgan fingerprint density at radius 3 is 2.48 bits per heavy atom. The van der Waals surface area contributed by atoms with Crippen LogP contribution in [0.2, 0.25) is 0 Å². The Morgan fingerprint density at radius 1 is 0.975 bits per heavy atom. The van der Waals surface area contributed by atoms with Gasteiger partial charge in [0.25, 0.3) is 5.91 Å². The van der Waals surface area contributed by atoms with Gasteiger partial charge in [0.2, 0.25) is 5.91 Å². The minimum absolute atomic E-state index is 0.135. The highest BCUT2D eigenvalue weighted by Gasteiger charge is 2.43. The molecule has 1 fully saturated rings. The van der Waals surface area contributed by atoms with Gasteiger partial charge in [-0.2, -0.15) is 0 Å². The molecule has 9 heteroatoms. The molecule has 0 saturated carbocycles. The number of carbonyl (C=O) groups excluding carboxylic acids is 2. The fourth-order valence-electron chi connectivity index (χ4n) is 5.96. The maximum atomic E-state index is 13.8. The van der Waals surface area contributed by atoms with E-state index >= 15 is 0 Å². The van der Waals surface area contributed by atoms with Gasteiger partial charge in [-0.15, -0.1) is 5.10 Å². The Labute approximate surface area is 236 Å². The van der Waals surface area contributed by atoms with E-state index in [4.69, 9.17) is 9.47 Å². The van der Waals surface area contributed by atoms with E-state index in [0.717, 1.165) is 49.3 Å². The first kappa shape index (κ1) is 27.7. The van der Waals surface area contributed by atoms with Crippen LogP contribution in [-0.2, 0) is 11.2 Å². The van der Waals surface area contributed by atoms with E-state index in [-0.39, 0.29) is 11.8 Å². The number of amides is 2. The Morgan fingerprint density at radius 2 is 1.73 bits per heavy atom. The first-order chi connectivity index (χ1) is 19.4. The molecule has 0 aliphatic carbocycles. The van der Waals surface area contributed by atoms with Crippen LogP contribution in [0.1, 0.15) is 60.3 Å². The molecule has 2 aliphatic rings. The number of likely N-dealkylation sites (tertiary alicyclic amines) is 1. The molecule has 2 aromatic carbocycles. The lowest BCUT2D eigenvalue weighted by Crippen LogP contribution is -2.51. The second-order valence-electron chi connectivity index (χ2n) is 10.9. The van der Waals surface area contributed by atoms with Gasteiger partial charge < -0.3 is 19.3 Å². The second-order valence-corrected chi connectivity index (χ2v) is 10.9. The van der Waals surface area contributed by atoms with Crippen LogP contribution in [0.15, 0.2) is 48.5 Å². The highest BCUT2D eigenvalue weighted by atomic mass is 16.5. The van der Waals surface area contributed by atoms with Gasteiger partial charge in [0.05, 0.1) is 30.5 Å². The molecule has 212 valence electrons. The standard InChI is InChI=1S/C31H39N5O4/c1-23-28(32-33-36(23)25-12-14-26(39-3)15-13-25)29(37)35-19-17-31(18-20-35)16-8-4-5-9-24-10-6-7-11-27(24)40-22-21-34(2)30(31)38/h6-7,10-15H,4-5,8-9,16-22H2,1-3H3. The number of nitrogens with zero attached hydrogens (tertiary/aromatic N) is 5. The molecule has 2 amide bonds. The van der Waals surface area contributed by atoms with E-state index in [1.54, 1.807) is 11.8 Å². The molecule has 3 heterocycles. The number of para-hydroxylation sites is 1. The maximum absolute atomic E-state index is 13.8. The molecule has 0 radical (unpaired) electrons. The van der Waals surface area contributed by atoms with Crippen LogP contribution in [0.5, 0.6) is 11.5 Å². The number of rotatable bonds is 3. The second kappa shape index (κ2) is 12.1. The summed E-state index contributed by atoms with van der Waals surface area (Å²) >= 11 is 0. The van der Waals surface area contributed by atoms with Crippen molar-refractivity contribution in [1.82, 2.24) is 24.8 Å². The molecule has 1 aromatic heterocycles. The Hall–Kier alpha value is -3.88. The average molecular weight is 546 g/mol. The van der Waals surface area contributed by atoms with Crippen molar-refractivity contribution in [2.75, 3.05) is 40.4 Å². The smallest absolute Gasteiger partial charge is 0.276 e. The van der Waals surface area contributed by atoms with E-state index < -0.39 is 5.41 Å². The monoisotopic (exact) mass is 545 g/mol. The van der Waals surface area contributed by atoms with Crippen LogP contribution in [0.25, 0.3) is 5.69 Å². The first-order valence-electron chi connectivity index (χ1n) is 14.2. The van der Waals surface area contributed by atoms with Gasteiger partial charge in [-0.1, -0.05) is 36.3 Å². The first-order valence-corrected chi connectivity index (χ1v) is 14.2. The van der Waals surface area contributed by atoms with Crippen molar-refractivity contribution in [3.05, 3.63) is 65.5 Å². The number of hydrogen-bond acceptors (Lipinski definition) is 6. The van der Waals surface area contributed by atoms with E-state index in [0.29, 0.717) is 50.5 Å². The third kappa shape index (κ3) is 5.69. The summed E-state index contributed by atoms with van der Waals surface area (Å²) in [6, 6.07) is 15.7. The third-order valence-corrected chi connectivity index (χ3v) is 8.48. The molecule has 1 spiro atoms. The molecule has 9 nitrogen and oxygen atoms in total. The van der Waals surface area contributed by atoms with E-state index in [1.807, 2.05) is 60.2 Å². The topological polar surface area (TPSA) is 89.8 Å². The van der Waals surface area contributed by atoms with Crippen molar-refractivity contribution in [1.29, 1.82) is 0 Å². The zero-order chi connectivity index (χ0) is 28.1. The lowest BCUT2D eigenvalue weighted by atomic mass is 9.73. The van der Waals surface area contributed by atoms with Gasteiger partial charge in [-0.05, 0) is 74.9 Å². The number of hydrogen-bond donors (Lipinski definition) is 0. The molecule has 2 aliphatic heterocycles. The molecule has 40 heavy (non-hydrogen) atoms. The highest BCUT2D eigenvalue weighted by molar-refractivity contribution is 5.93. The number of likely N-dealkylation sites (N-methyl/N-ethyl adjacent to an activating group) is 1. The van der Waals surface area contributed by atoms with E-state index in [1.165, 1.54) is 5.56 Å². The predicted molar refractivity (Wildman–Crippen MR) is 152 cm³/mol. The Bertz CT molecular complexity index is 1330. The molecule has 0 N–H and O–H groups in total. The van der Waals surface area contributed by atoms with Crippen LogP contribution >= 0.6 is 0 Å². The van der Waals surface area contributed by atoms with Crippen LogP contribution in [0, 0.1) is 12.3 Å². The minimum atomic E-state index is -0.456. The Kier molecular flexibility index (Phi) is 8.38. The van der Waals surface area contributed by atoms with Crippen molar-refractivity contribution in [3.8, 4) is 17.2 Å². The lowest BCUT2D eigenvalue weighted by Gasteiger charge is -2.42.